The Labute approximate surface area is 180 Å². The molecule has 4 heterocycles. The van der Waals surface area contributed by atoms with E-state index in [1.807, 2.05) is 42.4 Å². The van der Waals surface area contributed by atoms with Crippen LogP contribution in [0.3, 0.4) is 0 Å². The fourth-order valence-electron chi connectivity index (χ4n) is 4.55. The van der Waals surface area contributed by atoms with Gasteiger partial charge in [-0.15, -0.1) is 0 Å². The minimum atomic E-state index is -0.301. The Morgan fingerprint density at radius 1 is 1.23 bits per heavy atom. The number of amidine groups is 1. The number of benzene rings is 1. The fourth-order valence-corrected chi connectivity index (χ4v) is 4.55. The van der Waals surface area contributed by atoms with Gasteiger partial charge in [-0.2, -0.15) is 0 Å². The first-order valence-electron chi connectivity index (χ1n) is 10.5. The van der Waals surface area contributed by atoms with E-state index in [-0.39, 0.29) is 17.8 Å². The van der Waals surface area contributed by atoms with E-state index < -0.39 is 0 Å². The van der Waals surface area contributed by atoms with E-state index in [0.29, 0.717) is 24.2 Å². The monoisotopic (exact) mass is 420 g/mol. The lowest BCUT2D eigenvalue weighted by atomic mass is 9.96. The molecule has 31 heavy (non-hydrogen) atoms. The molecule has 0 saturated carbocycles. The van der Waals surface area contributed by atoms with Gasteiger partial charge in [0.25, 0.3) is 0 Å². The number of halogens is 1. The molecule has 0 bridgehead atoms. The number of nitrogens with one attached hydrogen (secondary N) is 1. The van der Waals surface area contributed by atoms with Crippen molar-refractivity contribution in [1.82, 2.24) is 20.1 Å². The molecule has 0 radical (unpaired) electrons. The van der Waals surface area contributed by atoms with Crippen LogP contribution >= 0.6 is 0 Å². The summed E-state index contributed by atoms with van der Waals surface area (Å²) in [5.74, 6) is 1.50. The smallest absolute Gasteiger partial charge is 0.325 e. The molecule has 3 aliphatic heterocycles. The minimum Gasteiger partial charge on any atom is -0.325 e. The number of aliphatic imine (C=N–C) groups is 1. The number of hydrogen-bond acceptors (Lipinski definition) is 5. The molecule has 0 spiro atoms. The SMILES string of the molecule is Cc1ccc(F)cc1N1C=C2N=C(C3CN(Cc4ccccn4)CC3C)NC(=O)N2C1. The predicted molar refractivity (Wildman–Crippen MR) is 117 cm³/mol. The van der Waals surface area contributed by atoms with Gasteiger partial charge in [0.2, 0.25) is 0 Å². The van der Waals surface area contributed by atoms with Gasteiger partial charge >= 0.3 is 6.03 Å². The van der Waals surface area contributed by atoms with E-state index in [2.05, 4.69) is 22.1 Å². The van der Waals surface area contributed by atoms with E-state index in [1.54, 1.807) is 11.0 Å². The summed E-state index contributed by atoms with van der Waals surface area (Å²) in [5.41, 5.74) is 2.72. The van der Waals surface area contributed by atoms with Crippen molar-refractivity contribution in [2.24, 2.45) is 16.8 Å². The van der Waals surface area contributed by atoms with Crippen LogP contribution in [0.5, 0.6) is 0 Å². The minimum absolute atomic E-state index is 0.140. The number of hydrogen-bond donors (Lipinski definition) is 1. The fraction of sp³-hybridized carbons (Fsp3) is 0.348. The Morgan fingerprint density at radius 2 is 2.10 bits per heavy atom. The number of aryl methyl sites for hydroxylation is 1. The van der Waals surface area contributed by atoms with E-state index in [4.69, 9.17) is 4.99 Å². The molecule has 1 aromatic heterocycles. The lowest BCUT2D eigenvalue weighted by molar-refractivity contribution is 0.216. The summed E-state index contributed by atoms with van der Waals surface area (Å²) in [6.07, 6.45) is 3.64. The Morgan fingerprint density at radius 3 is 2.90 bits per heavy atom. The van der Waals surface area contributed by atoms with Gasteiger partial charge in [-0.1, -0.05) is 19.1 Å². The Bertz CT molecular complexity index is 1070. The average molecular weight is 420 g/mol. The Balaban J connectivity index is 1.36. The number of amides is 2. The summed E-state index contributed by atoms with van der Waals surface area (Å²) in [4.78, 5) is 27.8. The van der Waals surface area contributed by atoms with Gasteiger partial charge in [0.15, 0.2) is 5.82 Å². The molecule has 2 amide bonds. The summed E-state index contributed by atoms with van der Waals surface area (Å²) in [6, 6.07) is 10.4. The quantitative estimate of drug-likeness (QED) is 0.825. The highest BCUT2D eigenvalue weighted by Crippen LogP contribution is 2.31. The normalized spacial score (nSPS) is 23.5. The molecule has 2 unspecified atom stereocenters. The van der Waals surface area contributed by atoms with Crippen LogP contribution in [0.25, 0.3) is 0 Å². The van der Waals surface area contributed by atoms with Crippen LogP contribution in [0.1, 0.15) is 18.2 Å². The van der Waals surface area contributed by atoms with Gasteiger partial charge in [-0.25, -0.2) is 14.2 Å². The summed E-state index contributed by atoms with van der Waals surface area (Å²) < 4.78 is 13.8. The highest BCUT2D eigenvalue weighted by molar-refractivity contribution is 6.02. The van der Waals surface area contributed by atoms with Crippen LogP contribution in [-0.2, 0) is 6.54 Å². The number of rotatable bonds is 4. The zero-order valence-corrected chi connectivity index (χ0v) is 17.6. The number of pyridine rings is 1. The third kappa shape index (κ3) is 3.79. The first-order valence-corrected chi connectivity index (χ1v) is 10.5. The largest absolute Gasteiger partial charge is 0.329 e. The number of likely N-dealkylation sites (tertiary alicyclic amines) is 1. The van der Waals surface area contributed by atoms with Crippen molar-refractivity contribution < 1.29 is 9.18 Å². The standard InChI is InChI=1S/C23H25FN6O/c1-15-6-7-17(24)9-20(15)29-13-21-26-22(27-23(31)30(21)14-29)19-12-28(10-16(19)2)11-18-5-3-4-8-25-18/h3-9,13,16,19H,10-12,14H2,1-2H3,(H,26,27,31). The van der Waals surface area contributed by atoms with Crippen LogP contribution < -0.4 is 10.2 Å². The van der Waals surface area contributed by atoms with E-state index in [9.17, 15) is 9.18 Å². The summed E-state index contributed by atoms with van der Waals surface area (Å²) in [5, 5.41) is 3.00. The molecule has 8 heteroatoms. The van der Waals surface area contributed by atoms with Crippen molar-refractivity contribution in [3.8, 4) is 0 Å². The van der Waals surface area contributed by atoms with Crippen LogP contribution in [0, 0.1) is 24.6 Å². The lowest BCUT2D eigenvalue weighted by Gasteiger charge is -2.28. The highest BCUT2D eigenvalue weighted by atomic mass is 19.1. The number of carbonyl (C=O) groups excluding carboxylic acids is 1. The molecule has 2 atom stereocenters. The molecule has 2 aromatic rings. The topological polar surface area (TPSA) is 64.1 Å². The van der Waals surface area contributed by atoms with Gasteiger partial charge < -0.3 is 4.90 Å². The number of urea groups is 1. The molecule has 1 N–H and O–H groups in total. The van der Waals surface area contributed by atoms with Gasteiger partial charge in [-0.3, -0.25) is 20.1 Å². The van der Waals surface area contributed by atoms with Gasteiger partial charge in [0, 0.05) is 43.6 Å². The third-order valence-electron chi connectivity index (χ3n) is 6.19. The van der Waals surface area contributed by atoms with Crippen molar-refractivity contribution in [2.45, 2.75) is 20.4 Å². The molecule has 160 valence electrons. The molecule has 0 aliphatic carbocycles. The molecule has 1 fully saturated rings. The van der Waals surface area contributed by atoms with Crippen molar-refractivity contribution >= 4 is 17.6 Å². The maximum absolute atomic E-state index is 13.8. The Hall–Kier alpha value is -3.26. The zero-order chi connectivity index (χ0) is 21.5. The van der Waals surface area contributed by atoms with E-state index in [1.165, 1.54) is 12.1 Å². The first kappa shape index (κ1) is 19.7. The molecule has 3 aliphatic rings. The van der Waals surface area contributed by atoms with Gasteiger partial charge in [0.1, 0.15) is 18.3 Å². The first-order chi connectivity index (χ1) is 15.0. The lowest BCUT2D eigenvalue weighted by Crippen LogP contribution is -2.49. The second kappa shape index (κ2) is 7.77. The molecule has 5 rings (SSSR count). The van der Waals surface area contributed by atoms with Crippen molar-refractivity contribution in [2.75, 3.05) is 24.7 Å². The molecular weight excluding hydrogens is 395 g/mol. The van der Waals surface area contributed by atoms with Gasteiger partial charge in [-0.05, 0) is 42.7 Å². The average Bonchev–Trinajstić information content (AvgIpc) is 3.34. The number of nitrogens with zero attached hydrogens (tertiary/aromatic N) is 5. The second-order valence-electron chi connectivity index (χ2n) is 8.48. The van der Waals surface area contributed by atoms with Crippen LogP contribution in [0.4, 0.5) is 14.9 Å². The number of aromatic nitrogens is 1. The number of anilines is 1. The van der Waals surface area contributed by atoms with E-state index >= 15 is 0 Å². The number of carbonyl (C=O) groups is 1. The van der Waals surface area contributed by atoms with Crippen molar-refractivity contribution in [3.63, 3.8) is 0 Å². The van der Waals surface area contributed by atoms with Crippen LogP contribution in [0.2, 0.25) is 0 Å². The van der Waals surface area contributed by atoms with Crippen molar-refractivity contribution in [1.29, 1.82) is 0 Å². The van der Waals surface area contributed by atoms with Crippen LogP contribution in [0.15, 0.2) is 59.6 Å². The maximum Gasteiger partial charge on any atom is 0.329 e. The third-order valence-corrected chi connectivity index (χ3v) is 6.19. The predicted octanol–water partition coefficient (Wildman–Crippen LogP) is 3.30. The summed E-state index contributed by atoms with van der Waals surface area (Å²) in [7, 11) is 0. The molecule has 7 nitrogen and oxygen atoms in total. The van der Waals surface area contributed by atoms with E-state index in [0.717, 1.165) is 36.6 Å². The second-order valence-corrected chi connectivity index (χ2v) is 8.48. The van der Waals surface area contributed by atoms with Gasteiger partial charge in [0.05, 0.1) is 5.69 Å². The summed E-state index contributed by atoms with van der Waals surface area (Å²) in [6.45, 7) is 6.95. The zero-order valence-electron chi connectivity index (χ0n) is 17.6. The molecule has 1 saturated heterocycles. The number of fused-ring (bicyclic) bond motifs is 1. The van der Waals surface area contributed by atoms with Crippen LogP contribution in [-0.4, -0.2) is 46.4 Å². The maximum atomic E-state index is 13.8. The van der Waals surface area contributed by atoms with Crippen molar-refractivity contribution in [3.05, 3.63) is 71.7 Å². The molecular formula is C23H25FN6O. The summed E-state index contributed by atoms with van der Waals surface area (Å²) >= 11 is 0. The highest BCUT2D eigenvalue weighted by Gasteiger charge is 2.39. The molecule has 1 aromatic carbocycles. The Kier molecular flexibility index (Phi) is 4.94.